The van der Waals surface area contributed by atoms with Gasteiger partial charge in [0, 0.05) is 16.1 Å². The van der Waals surface area contributed by atoms with Crippen molar-refractivity contribution < 1.29 is 12.8 Å². The normalized spacial score (nSPS) is 12.1. The van der Waals surface area contributed by atoms with Gasteiger partial charge in [0.15, 0.2) is 0 Å². The first kappa shape index (κ1) is 10.0. The van der Waals surface area contributed by atoms with E-state index < -0.39 is 9.05 Å². The summed E-state index contributed by atoms with van der Waals surface area (Å²) in [6.45, 7) is 0. The van der Waals surface area contributed by atoms with E-state index in [0.717, 1.165) is 0 Å². The largest absolute Gasteiger partial charge is 0.463 e. The molecule has 1 aromatic carbocycles. The van der Waals surface area contributed by atoms with E-state index in [1.54, 1.807) is 6.07 Å². The molecule has 0 saturated carbocycles. The Balaban J connectivity index is 2.83. The third kappa shape index (κ3) is 1.67. The minimum Gasteiger partial charge on any atom is -0.463 e. The highest BCUT2D eigenvalue weighted by molar-refractivity contribution is 9.10. The molecule has 0 aliphatic rings. The molecule has 0 amide bonds. The van der Waals surface area contributed by atoms with Crippen LogP contribution in [0.2, 0.25) is 0 Å². The first-order valence-electron chi connectivity index (χ1n) is 3.60. The van der Waals surface area contributed by atoms with Crippen molar-refractivity contribution in [2.75, 3.05) is 0 Å². The third-order valence-corrected chi connectivity index (χ3v) is 3.68. The number of hydrogen-bond donors (Lipinski definition) is 0. The Labute approximate surface area is 93.2 Å². The van der Waals surface area contributed by atoms with Crippen molar-refractivity contribution >= 4 is 46.6 Å². The lowest BCUT2D eigenvalue weighted by atomic mass is 10.3. The molecule has 0 fully saturated rings. The summed E-state index contributed by atoms with van der Waals surface area (Å²) in [7, 11) is 1.52. The molecule has 2 aromatic rings. The van der Waals surface area contributed by atoms with Gasteiger partial charge < -0.3 is 4.42 Å². The average Bonchev–Trinajstić information content (AvgIpc) is 2.50. The van der Waals surface area contributed by atoms with E-state index in [0.29, 0.717) is 15.4 Å². The molecule has 0 N–H and O–H groups in total. The highest BCUT2D eigenvalue weighted by Gasteiger charge is 2.13. The second-order valence-corrected chi connectivity index (χ2v) is 6.10. The molecule has 0 unspecified atom stereocenters. The molecule has 6 heteroatoms. The van der Waals surface area contributed by atoms with E-state index in [9.17, 15) is 8.42 Å². The van der Waals surface area contributed by atoms with Crippen molar-refractivity contribution in [2.24, 2.45) is 0 Å². The fourth-order valence-corrected chi connectivity index (χ4v) is 2.67. The van der Waals surface area contributed by atoms with Crippen LogP contribution in [0.1, 0.15) is 0 Å². The number of rotatable bonds is 1. The lowest BCUT2D eigenvalue weighted by molar-refractivity contribution is 0.608. The Morgan fingerprint density at radius 2 is 2.07 bits per heavy atom. The van der Waals surface area contributed by atoms with Gasteiger partial charge in [-0.3, -0.25) is 0 Å². The SMILES string of the molecule is O=S(=O)(Cl)c1cc(Br)c2occc2c1. The van der Waals surface area contributed by atoms with Crippen LogP contribution < -0.4 is 0 Å². The van der Waals surface area contributed by atoms with Crippen LogP contribution in [0.4, 0.5) is 0 Å². The second kappa shape index (κ2) is 3.25. The highest BCUT2D eigenvalue weighted by atomic mass is 79.9. The third-order valence-electron chi connectivity index (χ3n) is 1.76. The maximum Gasteiger partial charge on any atom is 0.261 e. The molecule has 1 aromatic heterocycles. The van der Waals surface area contributed by atoms with Gasteiger partial charge in [-0.15, -0.1) is 0 Å². The summed E-state index contributed by atoms with van der Waals surface area (Å²) in [4.78, 5) is 0.0555. The van der Waals surface area contributed by atoms with Gasteiger partial charge in [0.05, 0.1) is 15.6 Å². The molecule has 74 valence electrons. The van der Waals surface area contributed by atoms with Crippen LogP contribution in [0.15, 0.2) is 38.2 Å². The number of hydrogen-bond acceptors (Lipinski definition) is 3. The van der Waals surface area contributed by atoms with E-state index in [1.807, 2.05) is 0 Å². The van der Waals surface area contributed by atoms with Gasteiger partial charge >= 0.3 is 0 Å². The molecule has 0 aliphatic carbocycles. The Hall–Kier alpha value is -0.520. The first-order valence-corrected chi connectivity index (χ1v) is 6.70. The zero-order valence-corrected chi connectivity index (χ0v) is 9.86. The van der Waals surface area contributed by atoms with Crippen LogP contribution in [0.3, 0.4) is 0 Å². The Bertz CT molecular complexity index is 588. The summed E-state index contributed by atoms with van der Waals surface area (Å²) < 4.78 is 27.8. The number of halogens is 2. The smallest absolute Gasteiger partial charge is 0.261 e. The molecule has 0 bridgehead atoms. The lowest BCUT2D eigenvalue weighted by Gasteiger charge is -1.98. The van der Waals surface area contributed by atoms with Crippen molar-refractivity contribution in [3.63, 3.8) is 0 Å². The molecule has 0 radical (unpaired) electrons. The molecule has 3 nitrogen and oxygen atoms in total. The van der Waals surface area contributed by atoms with Crippen LogP contribution in [0.5, 0.6) is 0 Å². The van der Waals surface area contributed by atoms with Gasteiger partial charge in [0.1, 0.15) is 5.58 Å². The van der Waals surface area contributed by atoms with E-state index in [-0.39, 0.29) is 4.90 Å². The van der Waals surface area contributed by atoms with Gasteiger partial charge in [-0.25, -0.2) is 8.42 Å². The van der Waals surface area contributed by atoms with Gasteiger partial charge in [-0.2, -0.15) is 0 Å². The predicted molar refractivity (Wildman–Crippen MR) is 57.0 cm³/mol. The highest BCUT2D eigenvalue weighted by Crippen LogP contribution is 2.29. The Morgan fingerprint density at radius 1 is 1.36 bits per heavy atom. The van der Waals surface area contributed by atoms with Crippen LogP contribution in [-0.2, 0) is 9.05 Å². The number of fused-ring (bicyclic) bond motifs is 1. The van der Waals surface area contributed by atoms with Gasteiger partial charge in [0.25, 0.3) is 9.05 Å². The fraction of sp³-hybridized carbons (Fsp3) is 0. The summed E-state index contributed by atoms with van der Waals surface area (Å²) in [5.41, 5.74) is 0.606. The summed E-state index contributed by atoms with van der Waals surface area (Å²) in [6.07, 6.45) is 1.49. The van der Waals surface area contributed by atoms with E-state index >= 15 is 0 Å². The molecule has 2 rings (SSSR count). The maximum atomic E-state index is 11.1. The van der Waals surface area contributed by atoms with Crippen LogP contribution in [0, 0.1) is 0 Å². The standard InChI is InChI=1S/C8H4BrClO3S/c9-7-4-6(14(10,11)12)3-5-1-2-13-8(5)7/h1-4H. The topological polar surface area (TPSA) is 47.3 Å². The number of benzene rings is 1. The van der Waals surface area contributed by atoms with Crippen LogP contribution >= 0.6 is 26.6 Å². The Morgan fingerprint density at radius 3 is 2.71 bits per heavy atom. The minimum absolute atomic E-state index is 0.0555. The molecule has 14 heavy (non-hydrogen) atoms. The van der Waals surface area contributed by atoms with Crippen molar-refractivity contribution in [1.82, 2.24) is 0 Å². The quantitative estimate of drug-likeness (QED) is 0.759. The van der Waals surface area contributed by atoms with Gasteiger partial charge in [-0.1, -0.05) is 0 Å². The summed E-state index contributed by atoms with van der Waals surface area (Å²) >= 11 is 3.20. The van der Waals surface area contributed by atoms with Crippen molar-refractivity contribution in [2.45, 2.75) is 4.90 Å². The van der Waals surface area contributed by atoms with Crippen molar-refractivity contribution in [3.8, 4) is 0 Å². The zero-order valence-electron chi connectivity index (χ0n) is 6.70. The molecule has 0 aliphatic heterocycles. The van der Waals surface area contributed by atoms with Gasteiger partial charge in [0.2, 0.25) is 0 Å². The molecule has 0 spiro atoms. The minimum atomic E-state index is -3.69. The fourth-order valence-electron chi connectivity index (χ4n) is 1.15. The van der Waals surface area contributed by atoms with E-state index in [4.69, 9.17) is 15.1 Å². The van der Waals surface area contributed by atoms with E-state index in [2.05, 4.69) is 15.9 Å². The van der Waals surface area contributed by atoms with Crippen LogP contribution in [0.25, 0.3) is 11.0 Å². The van der Waals surface area contributed by atoms with Crippen LogP contribution in [-0.4, -0.2) is 8.42 Å². The van der Waals surface area contributed by atoms with Crippen molar-refractivity contribution in [3.05, 3.63) is 28.9 Å². The molecular weight excluding hydrogens is 292 g/mol. The summed E-state index contributed by atoms with van der Waals surface area (Å²) in [5.74, 6) is 0. The second-order valence-electron chi connectivity index (χ2n) is 2.68. The first-order chi connectivity index (χ1) is 6.48. The average molecular weight is 296 g/mol. The zero-order chi connectivity index (χ0) is 10.3. The van der Waals surface area contributed by atoms with E-state index in [1.165, 1.54) is 18.4 Å². The molecule has 1 heterocycles. The maximum absolute atomic E-state index is 11.1. The summed E-state index contributed by atoms with van der Waals surface area (Å²) in [5, 5.41) is 0.693. The van der Waals surface area contributed by atoms with Gasteiger partial charge in [-0.05, 0) is 34.1 Å². The molecular formula is C8H4BrClO3S. The predicted octanol–water partition coefficient (Wildman–Crippen LogP) is 3.12. The summed E-state index contributed by atoms with van der Waals surface area (Å²) in [6, 6.07) is 4.55. The lowest BCUT2D eigenvalue weighted by Crippen LogP contribution is -1.89. The van der Waals surface area contributed by atoms with Crippen molar-refractivity contribution in [1.29, 1.82) is 0 Å². The monoisotopic (exact) mass is 294 g/mol. The molecule has 0 atom stereocenters. The molecule has 0 saturated heterocycles. The Kier molecular flexibility index (Phi) is 2.33. The number of furan rings is 1.